The average Bonchev–Trinajstić information content (AvgIpc) is 2.79. The maximum Gasteiger partial charge on any atom is 0.252 e. The summed E-state index contributed by atoms with van der Waals surface area (Å²) >= 11 is 12.8. The molecule has 3 rings (SSSR count). The van der Waals surface area contributed by atoms with E-state index in [4.69, 9.17) is 27.9 Å². The zero-order valence-corrected chi connectivity index (χ0v) is 13.5. The molecular weight excluding hydrogens is 309 g/mol. The first kappa shape index (κ1) is 15.1. The van der Waals surface area contributed by atoms with E-state index in [0.29, 0.717) is 19.0 Å². The first-order valence-corrected chi connectivity index (χ1v) is 8.30. The predicted molar refractivity (Wildman–Crippen MR) is 83.5 cm³/mol. The van der Waals surface area contributed by atoms with E-state index in [1.165, 1.54) is 0 Å². The van der Waals surface area contributed by atoms with E-state index < -0.39 is 10.6 Å². The van der Waals surface area contributed by atoms with Gasteiger partial charge in [-0.1, -0.05) is 43.7 Å². The zero-order chi connectivity index (χ0) is 15.1. The van der Waals surface area contributed by atoms with Gasteiger partial charge in [-0.2, -0.15) is 0 Å². The largest absolute Gasteiger partial charge is 0.348 e. The van der Waals surface area contributed by atoms with Crippen molar-refractivity contribution in [1.29, 1.82) is 0 Å². The molecule has 5 heteroatoms. The molecule has 0 bridgehead atoms. The molecule has 2 aliphatic rings. The lowest BCUT2D eigenvalue weighted by Crippen LogP contribution is -2.77. The van der Waals surface area contributed by atoms with Crippen LogP contribution in [0, 0.1) is 5.92 Å². The van der Waals surface area contributed by atoms with Crippen LogP contribution >= 0.6 is 23.2 Å². The number of likely N-dealkylation sites (tertiary alicyclic amines) is 1. The molecule has 1 aromatic carbocycles. The quantitative estimate of drug-likeness (QED) is 0.613. The molecule has 1 amide bonds. The van der Waals surface area contributed by atoms with Gasteiger partial charge in [-0.3, -0.25) is 4.79 Å². The summed E-state index contributed by atoms with van der Waals surface area (Å²) in [4.78, 5) is 13.4. The van der Waals surface area contributed by atoms with Gasteiger partial charge in [0, 0.05) is 23.9 Å². The molecule has 2 fully saturated rings. The summed E-state index contributed by atoms with van der Waals surface area (Å²) < 4.78 is 6.10. The highest BCUT2D eigenvalue weighted by molar-refractivity contribution is 6.39. The fraction of sp³-hybridized carbons (Fsp3) is 0.562. The summed E-state index contributed by atoms with van der Waals surface area (Å²) in [5, 5.41) is 0. The van der Waals surface area contributed by atoms with Gasteiger partial charge < -0.3 is 9.64 Å². The van der Waals surface area contributed by atoms with E-state index in [-0.39, 0.29) is 11.8 Å². The van der Waals surface area contributed by atoms with Crippen LogP contribution in [-0.4, -0.2) is 34.7 Å². The van der Waals surface area contributed by atoms with Crippen LogP contribution in [0.3, 0.4) is 0 Å². The van der Waals surface area contributed by atoms with Gasteiger partial charge in [0.2, 0.25) is 0 Å². The number of nitrogens with zero attached hydrogens (tertiary/aromatic N) is 1. The number of fused-ring (bicyclic) bond motifs is 1. The van der Waals surface area contributed by atoms with Gasteiger partial charge in [-0.15, -0.1) is 23.2 Å². The summed E-state index contributed by atoms with van der Waals surface area (Å²) in [6, 6.07) is 9.78. The molecule has 0 N–H and O–H groups in total. The molecule has 0 spiro atoms. The first-order chi connectivity index (χ1) is 10.1. The van der Waals surface area contributed by atoms with E-state index in [2.05, 4.69) is 6.92 Å². The van der Waals surface area contributed by atoms with E-state index in [1.807, 2.05) is 30.3 Å². The molecule has 21 heavy (non-hydrogen) atoms. The summed E-state index contributed by atoms with van der Waals surface area (Å²) in [7, 11) is 0. The number of amides is 1. The van der Waals surface area contributed by atoms with E-state index in [9.17, 15) is 4.79 Å². The minimum absolute atomic E-state index is 0.0513. The van der Waals surface area contributed by atoms with Gasteiger partial charge in [0.05, 0.1) is 6.61 Å². The molecule has 0 unspecified atom stereocenters. The van der Waals surface area contributed by atoms with E-state index in [1.54, 1.807) is 4.90 Å². The number of ether oxygens (including phenoxy) is 1. The summed E-state index contributed by atoms with van der Waals surface area (Å²) in [6.45, 7) is 3.18. The van der Waals surface area contributed by atoms with E-state index >= 15 is 0 Å². The SMILES string of the molecule is CCCCN1C(=O)[C@@]2(Cl)[C@@H](CCl)CO[C@@]12c1ccccc1. The highest BCUT2D eigenvalue weighted by Gasteiger charge is 2.78. The third-order valence-electron chi connectivity index (χ3n) is 4.57. The molecule has 0 saturated carbocycles. The molecule has 1 aromatic rings. The Balaban J connectivity index is 2.05. The maximum atomic E-state index is 12.7. The van der Waals surface area contributed by atoms with Crippen molar-refractivity contribution in [2.75, 3.05) is 19.0 Å². The van der Waals surface area contributed by atoms with Crippen LogP contribution < -0.4 is 0 Å². The zero-order valence-electron chi connectivity index (χ0n) is 12.0. The molecule has 3 atom stereocenters. The van der Waals surface area contributed by atoms with Crippen molar-refractivity contribution >= 4 is 29.1 Å². The number of hydrogen-bond donors (Lipinski definition) is 0. The lowest BCUT2D eigenvalue weighted by molar-refractivity contribution is -0.216. The van der Waals surface area contributed by atoms with Gasteiger partial charge in [0.15, 0.2) is 10.6 Å². The van der Waals surface area contributed by atoms with Gasteiger partial charge in [0.25, 0.3) is 5.91 Å². The molecule has 2 saturated heterocycles. The Kier molecular flexibility index (Phi) is 3.93. The first-order valence-electron chi connectivity index (χ1n) is 7.39. The normalized spacial score (nSPS) is 34.7. The van der Waals surface area contributed by atoms with Gasteiger partial charge in [0.1, 0.15) is 0 Å². The van der Waals surface area contributed by atoms with Crippen LogP contribution in [0.5, 0.6) is 0 Å². The third-order valence-corrected chi connectivity index (χ3v) is 5.67. The number of carbonyl (C=O) groups is 1. The topological polar surface area (TPSA) is 29.5 Å². The van der Waals surface area contributed by atoms with Crippen molar-refractivity contribution in [2.24, 2.45) is 5.92 Å². The van der Waals surface area contributed by atoms with Crippen molar-refractivity contribution in [3.63, 3.8) is 0 Å². The molecular formula is C16H19Cl2NO2. The number of halogens is 2. The molecule has 2 aliphatic heterocycles. The molecule has 3 nitrogen and oxygen atoms in total. The Hall–Kier alpha value is -0.770. The Morgan fingerprint density at radius 3 is 2.71 bits per heavy atom. The molecule has 0 radical (unpaired) electrons. The van der Waals surface area contributed by atoms with Crippen LogP contribution in [0.15, 0.2) is 30.3 Å². The molecule has 0 aromatic heterocycles. The summed E-state index contributed by atoms with van der Waals surface area (Å²) in [5.41, 5.74) is 0.0741. The van der Waals surface area contributed by atoms with Crippen molar-refractivity contribution < 1.29 is 9.53 Å². The smallest absolute Gasteiger partial charge is 0.252 e. The van der Waals surface area contributed by atoms with Gasteiger partial charge >= 0.3 is 0 Å². The molecule has 0 aliphatic carbocycles. The second-order valence-electron chi connectivity index (χ2n) is 5.69. The van der Waals surface area contributed by atoms with Crippen LogP contribution in [0.2, 0.25) is 0 Å². The van der Waals surface area contributed by atoms with Crippen LogP contribution in [-0.2, 0) is 15.3 Å². The number of rotatable bonds is 5. The second kappa shape index (κ2) is 5.45. The maximum absolute atomic E-state index is 12.7. The highest BCUT2D eigenvalue weighted by atomic mass is 35.5. The third kappa shape index (κ3) is 1.81. The highest BCUT2D eigenvalue weighted by Crippen LogP contribution is 2.61. The van der Waals surface area contributed by atoms with Crippen LogP contribution in [0.1, 0.15) is 25.3 Å². The standard InChI is InChI=1S/C16H19Cl2NO2/c1-2-3-9-19-14(20)15(18)13(10-17)11-21-16(15,19)12-7-5-4-6-8-12/h4-8,13H,2-3,9-11H2,1H3/t13-,15-,16+/m0/s1. The number of unbranched alkanes of at least 4 members (excludes halogenated alkanes) is 1. The second-order valence-corrected chi connectivity index (χ2v) is 6.60. The summed E-state index contributed by atoms with van der Waals surface area (Å²) in [5.74, 6) is 0.113. The monoisotopic (exact) mass is 327 g/mol. The van der Waals surface area contributed by atoms with Crippen molar-refractivity contribution in [3.05, 3.63) is 35.9 Å². The van der Waals surface area contributed by atoms with Gasteiger partial charge in [-0.25, -0.2) is 0 Å². The number of benzene rings is 1. The van der Waals surface area contributed by atoms with Crippen molar-refractivity contribution in [1.82, 2.24) is 4.90 Å². The van der Waals surface area contributed by atoms with E-state index in [0.717, 1.165) is 18.4 Å². The summed E-state index contributed by atoms with van der Waals surface area (Å²) in [6.07, 6.45) is 1.95. The predicted octanol–water partition coefficient (Wildman–Crippen LogP) is 3.34. The van der Waals surface area contributed by atoms with Gasteiger partial charge in [-0.05, 0) is 6.42 Å². The lowest BCUT2D eigenvalue weighted by atomic mass is 9.73. The van der Waals surface area contributed by atoms with Crippen molar-refractivity contribution in [2.45, 2.75) is 30.4 Å². The number of carbonyl (C=O) groups excluding carboxylic acids is 1. The molecule has 2 heterocycles. The molecule has 114 valence electrons. The minimum atomic E-state index is -1.07. The Morgan fingerprint density at radius 1 is 1.38 bits per heavy atom. The van der Waals surface area contributed by atoms with Crippen LogP contribution in [0.25, 0.3) is 0 Å². The lowest BCUT2D eigenvalue weighted by Gasteiger charge is -2.58. The van der Waals surface area contributed by atoms with Crippen molar-refractivity contribution in [3.8, 4) is 0 Å². The number of β-lactam (4-membered cyclic amide) rings is 1. The Labute approximate surface area is 135 Å². The van der Waals surface area contributed by atoms with Crippen LogP contribution in [0.4, 0.5) is 0 Å². The average molecular weight is 328 g/mol. The Bertz CT molecular complexity index is 538. The fourth-order valence-corrected chi connectivity index (χ4v) is 4.34. The number of hydrogen-bond acceptors (Lipinski definition) is 2. The fourth-order valence-electron chi connectivity index (χ4n) is 3.44. The minimum Gasteiger partial charge on any atom is -0.348 e. The number of alkyl halides is 2. The Morgan fingerprint density at radius 2 is 2.10 bits per heavy atom.